The first-order chi connectivity index (χ1) is 9.81. The summed E-state index contributed by atoms with van der Waals surface area (Å²) in [6.07, 6.45) is 13.1. The Kier molecular flexibility index (Phi) is 2.91. The van der Waals surface area contributed by atoms with Crippen molar-refractivity contribution in [3.8, 4) is 10.4 Å². The van der Waals surface area contributed by atoms with Crippen LogP contribution in [0, 0.1) is 0 Å². The molecule has 0 atom stereocenters. The van der Waals surface area contributed by atoms with Crippen LogP contribution in [-0.4, -0.2) is 13.9 Å². The van der Waals surface area contributed by atoms with Gasteiger partial charge >= 0.3 is 0 Å². The molecule has 0 aromatic carbocycles. The van der Waals surface area contributed by atoms with Gasteiger partial charge in [-0.15, -0.1) is 0 Å². The summed E-state index contributed by atoms with van der Waals surface area (Å²) in [5.74, 6) is 0.717. The minimum absolute atomic E-state index is 0. The Morgan fingerprint density at radius 2 is 2.15 bits per heavy atom. The molecule has 3 aromatic rings. The monoisotopic (exact) mass is 287 g/mol. The van der Waals surface area contributed by atoms with Crippen molar-refractivity contribution < 1.29 is 1.43 Å². The lowest BCUT2D eigenvalue weighted by atomic mass is 9.84. The van der Waals surface area contributed by atoms with Crippen molar-refractivity contribution in [2.24, 2.45) is 7.05 Å². The highest BCUT2D eigenvalue weighted by molar-refractivity contribution is 7.11. The Hall–Kier alpha value is -1.55. The van der Waals surface area contributed by atoms with Crippen LogP contribution in [0.5, 0.6) is 0 Å². The Morgan fingerprint density at radius 3 is 2.90 bits per heavy atom. The molecule has 0 saturated heterocycles. The van der Waals surface area contributed by atoms with Crippen molar-refractivity contribution >= 4 is 22.6 Å². The molecule has 0 bridgehead atoms. The highest BCUT2D eigenvalue weighted by Gasteiger charge is 2.18. The van der Waals surface area contributed by atoms with E-state index in [1.54, 1.807) is 11.5 Å². The zero-order valence-electron chi connectivity index (χ0n) is 11.7. The van der Waals surface area contributed by atoms with E-state index in [-0.39, 0.29) is 1.43 Å². The number of fused-ring (bicyclic) bond motifs is 1. The van der Waals surface area contributed by atoms with Crippen LogP contribution in [0.4, 0.5) is 0 Å². The maximum absolute atomic E-state index is 4.63. The van der Waals surface area contributed by atoms with Crippen molar-refractivity contribution in [1.82, 2.24) is 13.9 Å². The maximum Gasteiger partial charge on any atom is 0.137 e. The van der Waals surface area contributed by atoms with E-state index in [2.05, 4.69) is 45.6 Å². The lowest BCUT2D eigenvalue weighted by Crippen LogP contribution is -2.04. The van der Waals surface area contributed by atoms with Crippen molar-refractivity contribution in [1.29, 1.82) is 0 Å². The van der Waals surface area contributed by atoms with Crippen molar-refractivity contribution in [2.45, 2.75) is 38.0 Å². The van der Waals surface area contributed by atoms with E-state index in [4.69, 9.17) is 0 Å². The van der Waals surface area contributed by atoms with Crippen LogP contribution in [0.3, 0.4) is 0 Å². The van der Waals surface area contributed by atoms with Gasteiger partial charge in [0.25, 0.3) is 0 Å². The van der Waals surface area contributed by atoms with Gasteiger partial charge in [-0.25, -0.2) is 4.98 Å². The number of aromatic nitrogens is 3. The fourth-order valence-corrected chi connectivity index (χ4v) is 4.10. The highest BCUT2D eigenvalue weighted by atomic mass is 32.1. The van der Waals surface area contributed by atoms with Crippen LogP contribution in [0.15, 0.2) is 24.7 Å². The molecule has 3 aromatic heterocycles. The molecule has 1 aliphatic rings. The Balaban J connectivity index is 0.00000132. The normalized spacial score (nSPS) is 17.1. The maximum atomic E-state index is 4.63. The topological polar surface area (TPSA) is 33.6 Å². The second-order valence-electron chi connectivity index (χ2n) is 5.83. The third-order valence-electron chi connectivity index (χ3n) is 4.44. The van der Waals surface area contributed by atoms with Gasteiger partial charge in [0.05, 0.1) is 4.88 Å². The number of H-pyrrole nitrogens is 1. The average molecular weight is 287 g/mol. The van der Waals surface area contributed by atoms with Crippen LogP contribution in [0.25, 0.3) is 21.5 Å². The van der Waals surface area contributed by atoms with E-state index in [0.717, 1.165) is 5.65 Å². The first-order valence-electron chi connectivity index (χ1n) is 7.41. The number of nitrogens with one attached hydrogen (secondary N) is 1. The molecule has 0 amide bonds. The molecule has 1 fully saturated rings. The minimum Gasteiger partial charge on any atom is -0.345 e. The molecule has 1 aliphatic carbocycles. The summed E-state index contributed by atoms with van der Waals surface area (Å²) in [6.45, 7) is 0. The number of aryl methyl sites for hydroxylation is 1. The predicted molar refractivity (Wildman–Crippen MR) is 86.3 cm³/mol. The van der Waals surface area contributed by atoms with E-state index in [9.17, 15) is 0 Å². The molecule has 1 saturated carbocycles. The molecule has 3 nitrogen and oxygen atoms in total. The van der Waals surface area contributed by atoms with Crippen LogP contribution >= 0.6 is 11.5 Å². The van der Waals surface area contributed by atoms with E-state index < -0.39 is 0 Å². The summed E-state index contributed by atoms with van der Waals surface area (Å²) in [7, 11) is 2.08. The van der Waals surface area contributed by atoms with Crippen molar-refractivity contribution in [3.05, 3.63) is 30.2 Å². The molecule has 4 heteroatoms. The fourth-order valence-electron chi connectivity index (χ4n) is 3.32. The second-order valence-corrected chi connectivity index (χ2v) is 7.03. The highest BCUT2D eigenvalue weighted by Crippen LogP contribution is 2.37. The number of aromatic amines is 1. The number of hydrogen-bond acceptors (Lipinski definition) is 2. The number of rotatable bonds is 2. The first-order valence-corrected chi connectivity index (χ1v) is 8.18. The van der Waals surface area contributed by atoms with E-state index in [1.165, 1.54) is 53.5 Å². The SMILES string of the molecule is Cn1cc(-c2c[nH]c3ncc(C4CCCCC4)cc23)s1.[HH]. The zero-order chi connectivity index (χ0) is 13.5. The number of hydrogen-bond donors (Lipinski definition) is 1. The van der Waals surface area contributed by atoms with Crippen LogP contribution in [0.2, 0.25) is 0 Å². The molecule has 0 radical (unpaired) electrons. The summed E-state index contributed by atoms with van der Waals surface area (Å²) in [5.41, 5.74) is 3.74. The van der Waals surface area contributed by atoms with Gasteiger partial charge in [0.1, 0.15) is 5.65 Å². The summed E-state index contributed by atoms with van der Waals surface area (Å²) in [5, 5.41) is 1.28. The van der Waals surface area contributed by atoms with Crippen LogP contribution in [0.1, 0.15) is 45.0 Å². The Bertz CT molecular complexity index is 722. The summed E-state index contributed by atoms with van der Waals surface area (Å²) in [4.78, 5) is 9.26. The van der Waals surface area contributed by atoms with E-state index in [0.29, 0.717) is 5.92 Å². The lowest BCUT2D eigenvalue weighted by molar-refractivity contribution is 0.443. The van der Waals surface area contributed by atoms with Crippen molar-refractivity contribution in [3.63, 3.8) is 0 Å². The van der Waals surface area contributed by atoms with Crippen LogP contribution < -0.4 is 0 Å². The fraction of sp³-hybridized carbons (Fsp3) is 0.438. The van der Waals surface area contributed by atoms with Gasteiger partial charge in [0.2, 0.25) is 0 Å². The van der Waals surface area contributed by atoms with Gasteiger partial charge in [-0.05, 0) is 30.4 Å². The Morgan fingerprint density at radius 1 is 1.35 bits per heavy atom. The van der Waals surface area contributed by atoms with Gasteiger partial charge < -0.3 is 8.94 Å². The lowest BCUT2D eigenvalue weighted by Gasteiger charge is -2.21. The minimum atomic E-state index is 0. The number of pyridine rings is 1. The van der Waals surface area contributed by atoms with Crippen LogP contribution in [-0.2, 0) is 7.05 Å². The van der Waals surface area contributed by atoms with E-state index >= 15 is 0 Å². The summed E-state index contributed by atoms with van der Waals surface area (Å²) < 4.78 is 2.13. The molecule has 3 heterocycles. The quantitative estimate of drug-likeness (QED) is 0.713. The zero-order valence-corrected chi connectivity index (χ0v) is 12.5. The van der Waals surface area contributed by atoms with Gasteiger partial charge in [-0.2, -0.15) is 0 Å². The summed E-state index contributed by atoms with van der Waals surface area (Å²) in [6, 6.07) is 2.36. The average Bonchev–Trinajstić information content (AvgIpc) is 2.87. The van der Waals surface area contributed by atoms with Gasteiger partial charge in [-0.1, -0.05) is 30.8 Å². The molecule has 20 heavy (non-hydrogen) atoms. The molecule has 106 valence electrons. The second kappa shape index (κ2) is 4.77. The largest absolute Gasteiger partial charge is 0.345 e. The standard InChI is InChI=1S/C16H19N3S.H2/c1-19-10-15(20-19)14-9-18-16-13(14)7-12(8-17-16)11-5-3-2-4-6-11;/h7-11H,2-6H2,1H3,(H,17,18);1H. The van der Waals surface area contributed by atoms with E-state index in [1.807, 2.05) is 0 Å². The first kappa shape index (κ1) is 12.2. The molecular weight excluding hydrogens is 266 g/mol. The predicted octanol–water partition coefficient (Wildman–Crippen LogP) is 4.92. The van der Waals surface area contributed by atoms with Gasteiger partial charge in [-0.3, -0.25) is 0 Å². The smallest absolute Gasteiger partial charge is 0.137 e. The molecule has 0 unspecified atom stereocenters. The third kappa shape index (κ3) is 1.99. The molecule has 1 N–H and O–H groups in total. The Labute approximate surface area is 124 Å². The molecular formula is C16H21N3S. The third-order valence-corrected chi connectivity index (χ3v) is 5.35. The van der Waals surface area contributed by atoms with Gasteiger partial charge in [0.15, 0.2) is 0 Å². The van der Waals surface area contributed by atoms with Gasteiger partial charge in [0, 0.05) is 38.0 Å². The summed E-state index contributed by atoms with van der Waals surface area (Å²) >= 11 is 1.79. The molecule has 0 aliphatic heterocycles. The molecule has 4 rings (SSSR count). The number of nitrogens with zero attached hydrogens (tertiary/aromatic N) is 2. The van der Waals surface area contributed by atoms with Crippen molar-refractivity contribution in [2.75, 3.05) is 0 Å². The molecule has 0 spiro atoms.